The quantitative estimate of drug-likeness (QED) is 0.211. The van der Waals surface area contributed by atoms with Gasteiger partial charge in [-0.2, -0.15) is 11.8 Å². The van der Waals surface area contributed by atoms with Crippen LogP contribution in [0.1, 0.15) is 33.3 Å². The van der Waals surface area contributed by atoms with E-state index in [0.29, 0.717) is 11.0 Å². The van der Waals surface area contributed by atoms with Crippen molar-refractivity contribution in [3.05, 3.63) is 54.1 Å². The van der Waals surface area contributed by atoms with Gasteiger partial charge in [0.2, 0.25) is 0 Å². The molecule has 2 aromatic heterocycles. The molecular weight excluding hydrogens is 421 g/mol. The Morgan fingerprint density at radius 3 is 2.23 bits per heavy atom. The number of halogens is 1. The van der Waals surface area contributed by atoms with Crippen LogP contribution in [0.5, 0.6) is 0 Å². The predicted octanol–water partition coefficient (Wildman–Crippen LogP) is 6.64. The van der Waals surface area contributed by atoms with Crippen molar-refractivity contribution in [1.82, 2.24) is 14.3 Å². The van der Waals surface area contributed by atoms with Gasteiger partial charge in [-0.15, -0.1) is 0 Å². The first-order chi connectivity index (χ1) is 14.7. The molecule has 3 N–H and O–H groups in total. The van der Waals surface area contributed by atoms with Gasteiger partial charge in [-0.05, 0) is 29.7 Å². The summed E-state index contributed by atoms with van der Waals surface area (Å²) in [6.45, 7) is 9.64. The number of pyridine rings is 1. The number of nitrogens with zero attached hydrogens (tertiary/aromatic N) is 2. The topological polar surface area (TPSA) is 70.3 Å². The van der Waals surface area contributed by atoms with Crippen molar-refractivity contribution in [1.29, 1.82) is 0 Å². The minimum absolute atomic E-state index is 0.217. The number of fused-ring (bicyclic) bond motifs is 1. The number of aromatic nitrogens is 2. The third kappa shape index (κ3) is 7.92. The molecule has 3 rings (SSSR count). The van der Waals surface area contributed by atoms with Gasteiger partial charge in [0.25, 0.3) is 0 Å². The van der Waals surface area contributed by atoms with Crippen LogP contribution in [0.3, 0.4) is 0 Å². The number of hydrogen-bond acceptors (Lipinski definition) is 6. The molecule has 5 nitrogen and oxygen atoms in total. The maximum absolute atomic E-state index is 14.4. The van der Waals surface area contributed by atoms with Crippen LogP contribution in [-0.4, -0.2) is 38.3 Å². The van der Waals surface area contributed by atoms with Gasteiger partial charge >= 0.3 is 0 Å². The van der Waals surface area contributed by atoms with Crippen molar-refractivity contribution in [3.8, 4) is 11.1 Å². The molecule has 0 aliphatic heterocycles. The van der Waals surface area contributed by atoms with Crippen LogP contribution < -0.4 is 4.72 Å². The molecule has 30 heavy (non-hydrogen) atoms. The number of benzene rings is 1. The summed E-state index contributed by atoms with van der Waals surface area (Å²) in [7, 11) is 0. The van der Waals surface area contributed by atoms with E-state index in [1.165, 1.54) is 17.8 Å². The van der Waals surface area contributed by atoms with Crippen molar-refractivity contribution >= 4 is 34.7 Å². The minimum atomic E-state index is -0.217. The molecule has 0 spiro atoms. The van der Waals surface area contributed by atoms with Crippen molar-refractivity contribution in [2.45, 2.75) is 40.8 Å². The Hall–Kier alpha value is -1.58. The molecule has 3 aromatic rings. The largest absolute Gasteiger partial charge is 0.331 e. The van der Waals surface area contributed by atoms with Gasteiger partial charge in [0, 0.05) is 36.8 Å². The molecule has 0 radical (unpaired) electrons. The van der Waals surface area contributed by atoms with E-state index in [9.17, 15) is 4.39 Å². The van der Waals surface area contributed by atoms with Crippen molar-refractivity contribution in [2.24, 2.45) is 0 Å². The molecule has 8 heteroatoms. The van der Waals surface area contributed by atoms with Gasteiger partial charge in [0.05, 0.1) is 5.39 Å². The minimum Gasteiger partial charge on any atom is -0.331 e. The Bertz CT molecular complexity index is 827. The first-order valence-electron chi connectivity index (χ1n) is 9.92. The third-order valence-corrected chi connectivity index (χ3v) is 4.95. The molecular formula is C22H34FN3O2S2. The molecule has 0 aliphatic rings. The lowest BCUT2D eigenvalue weighted by Gasteiger charge is -2.04. The monoisotopic (exact) mass is 455 g/mol. The average Bonchev–Trinajstić information content (AvgIpc) is 3.20. The standard InChI is InChI=1S/C18H20FN3S2.2C2H6.H2O2/c1-23-10-9-22-12-15(17-16(19)7-8-20-18(17)22)14-5-3-13(4-6-14)11-21-24-2;3*1-2/h3-8,12,21H,9-11H2,1-2H3;2*1-2H3;1-2H. The first-order valence-corrected chi connectivity index (χ1v) is 12.5. The van der Waals surface area contributed by atoms with Crippen LogP contribution in [0.2, 0.25) is 0 Å². The Balaban J connectivity index is 0.00000129. The zero-order chi connectivity index (χ0) is 22.9. The fourth-order valence-electron chi connectivity index (χ4n) is 2.71. The SMILES string of the molecule is CC.CC.CSCCn1cc(-c2ccc(CNSC)cc2)c2c(F)ccnc21.OO. The molecule has 1 aromatic carbocycles. The van der Waals surface area contributed by atoms with E-state index >= 15 is 0 Å². The molecule has 0 aliphatic carbocycles. The summed E-state index contributed by atoms with van der Waals surface area (Å²) in [5.74, 6) is 0.756. The first kappa shape index (κ1) is 28.4. The van der Waals surface area contributed by atoms with E-state index in [1.807, 2.05) is 44.7 Å². The maximum atomic E-state index is 14.4. The molecule has 0 saturated heterocycles. The fraction of sp³-hybridized carbons (Fsp3) is 0.409. The average molecular weight is 456 g/mol. The van der Waals surface area contributed by atoms with Gasteiger partial charge in [-0.3, -0.25) is 15.2 Å². The van der Waals surface area contributed by atoms with Crippen LogP contribution in [0.4, 0.5) is 4.39 Å². The summed E-state index contributed by atoms with van der Waals surface area (Å²) in [5.41, 5.74) is 3.84. The number of aryl methyl sites for hydroxylation is 1. The highest BCUT2D eigenvalue weighted by atomic mass is 32.2. The summed E-state index contributed by atoms with van der Waals surface area (Å²) in [6.07, 6.45) is 7.63. The molecule has 0 fully saturated rings. The van der Waals surface area contributed by atoms with Gasteiger partial charge in [0.1, 0.15) is 11.5 Å². The fourth-order valence-corrected chi connectivity index (χ4v) is 3.40. The lowest BCUT2D eigenvalue weighted by Crippen LogP contribution is -2.01. The summed E-state index contributed by atoms with van der Waals surface area (Å²) in [6, 6.07) is 9.70. The van der Waals surface area contributed by atoms with Gasteiger partial charge in [0.15, 0.2) is 0 Å². The number of thioether (sulfide) groups is 1. The molecule has 168 valence electrons. The predicted molar refractivity (Wildman–Crippen MR) is 132 cm³/mol. The zero-order valence-corrected chi connectivity index (χ0v) is 20.3. The van der Waals surface area contributed by atoms with E-state index in [0.717, 1.165) is 30.0 Å². The Labute approximate surface area is 188 Å². The number of hydrogen-bond donors (Lipinski definition) is 3. The summed E-state index contributed by atoms with van der Waals surface area (Å²) in [5, 5.41) is 12.6. The Morgan fingerprint density at radius 2 is 1.67 bits per heavy atom. The molecule has 0 bridgehead atoms. The summed E-state index contributed by atoms with van der Waals surface area (Å²) >= 11 is 3.37. The van der Waals surface area contributed by atoms with Crippen molar-refractivity contribution in [2.75, 3.05) is 18.3 Å². The Morgan fingerprint density at radius 1 is 1.03 bits per heavy atom. The van der Waals surface area contributed by atoms with E-state index in [1.54, 1.807) is 23.7 Å². The second-order valence-corrected chi connectivity index (χ2v) is 7.13. The summed E-state index contributed by atoms with van der Waals surface area (Å²) in [4.78, 5) is 4.40. The van der Waals surface area contributed by atoms with E-state index in [2.05, 4.69) is 40.2 Å². The van der Waals surface area contributed by atoms with Crippen molar-refractivity contribution < 1.29 is 14.9 Å². The smallest absolute Gasteiger partial charge is 0.143 e. The second-order valence-electron chi connectivity index (χ2n) is 5.44. The van der Waals surface area contributed by atoms with Crippen LogP contribution >= 0.6 is 23.7 Å². The van der Waals surface area contributed by atoms with E-state index < -0.39 is 0 Å². The maximum Gasteiger partial charge on any atom is 0.143 e. The highest BCUT2D eigenvalue weighted by molar-refractivity contribution is 7.98. The van der Waals surface area contributed by atoms with Crippen LogP contribution in [0.15, 0.2) is 42.7 Å². The van der Waals surface area contributed by atoms with Gasteiger partial charge in [-0.25, -0.2) is 9.37 Å². The van der Waals surface area contributed by atoms with Crippen LogP contribution in [0, 0.1) is 5.82 Å². The zero-order valence-electron chi connectivity index (χ0n) is 18.6. The van der Waals surface area contributed by atoms with Gasteiger partial charge < -0.3 is 4.57 Å². The molecule has 2 heterocycles. The highest BCUT2D eigenvalue weighted by Gasteiger charge is 2.15. The van der Waals surface area contributed by atoms with Crippen LogP contribution in [0.25, 0.3) is 22.2 Å². The number of nitrogens with one attached hydrogen (secondary N) is 1. The summed E-state index contributed by atoms with van der Waals surface area (Å²) < 4.78 is 19.7. The molecule has 0 atom stereocenters. The van der Waals surface area contributed by atoms with Crippen molar-refractivity contribution in [3.63, 3.8) is 0 Å². The van der Waals surface area contributed by atoms with Crippen LogP contribution in [-0.2, 0) is 13.1 Å². The Kier molecular flexibility index (Phi) is 16.2. The third-order valence-electron chi connectivity index (χ3n) is 3.93. The number of rotatable bonds is 7. The highest BCUT2D eigenvalue weighted by Crippen LogP contribution is 2.32. The molecule has 0 amide bonds. The van der Waals surface area contributed by atoms with E-state index in [4.69, 9.17) is 10.5 Å². The lowest BCUT2D eigenvalue weighted by atomic mass is 10.0. The molecule has 0 unspecified atom stereocenters. The second kappa shape index (κ2) is 17.1. The normalized spacial score (nSPS) is 9.63. The van der Waals surface area contributed by atoms with Gasteiger partial charge in [-0.1, -0.05) is 63.9 Å². The van der Waals surface area contributed by atoms with E-state index in [-0.39, 0.29) is 5.82 Å². The molecule has 0 saturated carbocycles. The lowest BCUT2D eigenvalue weighted by molar-refractivity contribution is -0.176.